The third kappa shape index (κ3) is 4.14. The minimum Gasteiger partial charge on any atom is -0.341 e. The molecule has 1 fully saturated rings. The summed E-state index contributed by atoms with van der Waals surface area (Å²) in [6.07, 6.45) is 10.2. The van der Waals surface area contributed by atoms with Crippen LogP contribution in [0.3, 0.4) is 0 Å². The Labute approximate surface area is 161 Å². The monoisotopic (exact) mass is 382 g/mol. The van der Waals surface area contributed by atoms with Crippen LogP contribution in [-0.2, 0) is 6.54 Å². The van der Waals surface area contributed by atoms with Crippen LogP contribution in [0.5, 0.6) is 0 Å². The number of nitrogens with zero attached hydrogens (tertiary/aromatic N) is 6. The minimum absolute atomic E-state index is 0.0349. The largest absolute Gasteiger partial charge is 0.341 e. The zero-order chi connectivity index (χ0) is 18.6. The third-order valence-corrected chi connectivity index (χ3v) is 4.99. The van der Waals surface area contributed by atoms with Crippen LogP contribution in [-0.4, -0.2) is 37.6 Å². The molecule has 0 bridgehead atoms. The topological polar surface area (TPSA) is 76.8 Å². The molecule has 0 N–H and O–H groups in total. The second-order valence-corrected chi connectivity index (χ2v) is 7.07. The SMILES string of the molecule is O=c1cc(-c2cccnc2)ncn1CC1CCN(c2ncc(Cl)cn2)CC1. The molecule has 0 atom stereocenters. The van der Waals surface area contributed by atoms with Crippen LogP contribution in [0.4, 0.5) is 5.95 Å². The smallest absolute Gasteiger partial charge is 0.253 e. The highest BCUT2D eigenvalue weighted by Crippen LogP contribution is 2.22. The van der Waals surface area contributed by atoms with Gasteiger partial charge in [-0.25, -0.2) is 15.0 Å². The van der Waals surface area contributed by atoms with Crippen molar-refractivity contribution in [3.63, 3.8) is 0 Å². The van der Waals surface area contributed by atoms with Crippen molar-refractivity contribution < 1.29 is 0 Å². The van der Waals surface area contributed by atoms with Crippen molar-refractivity contribution in [3.8, 4) is 11.3 Å². The molecule has 27 heavy (non-hydrogen) atoms. The summed E-state index contributed by atoms with van der Waals surface area (Å²) in [7, 11) is 0. The van der Waals surface area contributed by atoms with E-state index in [1.807, 2.05) is 12.1 Å². The van der Waals surface area contributed by atoms with Gasteiger partial charge in [0.25, 0.3) is 5.56 Å². The summed E-state index contributed by atoms with van der Waals surface area (Å²) in [6.45, 7) is 2.40. The molecule has 0 radical (unpaired) electrons. The molecule has 1 aliphatic heterocycles. The Kier molecular flexibility index (Phi) is 5.11. The first-order chi connectivity index (χ1) is 13.2. The van der Waals surface area contributed by atoms with Crippen molar-refractivity contribution in [1.82, 2.24) is 24.5 Å². The highest BCUT2D eigenvalue weighted by Gasteiger charge is 2.21. The molecule has 0 unspecified atom stereocenters. The molecule has 0 aromatic carbocycles. The lowest BCUT2D eigenvalue weighted by Gasteiger charge is -2.32. The van der Waals surface area contributed by atoms with Gasteiger partial charge in [0, 0.05) is 43.7 Å². The van der Waals surface area contributed by atoms with Gasteiger partial charge in [-0.1, -0.05) is 11.6 Å². The van der Waals surface area contributed by atoms with Crippen molar-refractivity contribution in [1.29, 1.82) is 0 Å². The first-order valence-electron chi connectivity index (χ1n) is 8.88. The fourth-order valence-electron chi connectivity index (χ4n) is 3.30. The summed E-state index contributed by atoms with van der Waals surface area (Å²) in [5.41, 5.74) is 1.46. The lowest BCUT2D eigenvalue weighted by molar-refractivity contribution is 0.349. The molecule has 0 saturated carbocycles. The van der Waals surface area contributed by atoms with Crippen molar-refractivity contribution in [2.24, 2.45) is 5.92 Å². The van der Waals surface area contributed by atoms with Gasteiger partial charge in [-0.05, 0) is 30.9 Å². The average Bonchev–Trinajstić information content (AvgIpc) is 2.71. The molecule has 0 spiro atoms. The number of anilines is 1. The molecule has 3 aromatic heterocycles. The van der Waals surface area contributed by atoms with Crippen LogP contribution >= 0.6 is 11.6 Å². The summed E-state index contributed by atoms with van der Waals surface area (Å²) in [5.74, 6) is 1.13. The predicted octanol–water partition coefficient (Wildman–Crippen LogP) is 2.67. The van der Waals surface area contributed by atoms with Crippen LogP contribution in [0, 0.1) is 5.92 Å². The highest BCUT2D eigenvalue weighted by atomic mass is 35.5. The fraction of sp³-hybridized carbons (Fsp3) is 0.316. The summed E-state index contributed by atoms with van der Waals surface area (Å²) >= 11 is 5.84. The van der Waals surface area contributed by atoms with E-state index in [4.69, 9.17) is 11.6 Å². The Bertz CT molecular complexity index is 952. The van der Waals surface area contributed by atoms with E-state index in [1.165, 1.54) is 0 Å². The maximum absolute atomic E-state index is 12.5. The van der Waals surface area contributed by atoms with Crippen LogP contribution in [0.25, 0.3) is 11.3 Å². The maximum Gasteiger partial charge on any atom is 0.253 e. The molecule has 0 amide bonds. The number of rotatable bonds is 4. The first kappa shape index (κ1) is 17.6. The molecule has 1 saturated heterocycles. The van der Waals surface area contributed by atoms with E-state index in [0.29, 0.717) is 29.1 Å². The van der Waals surface area contributed by atoms with Gasteiger partial charge in [-0.3, -0.25) is 14.3 Å². The molecule has 138 valence electrons. The number of hydrogen-bond acceptors (Lipinski definition) is 6. The van der Waals surface area contributed by atoms with Gasteiger partial charge in [0.15, 0.2) is 0 Å². The summed E-state index contributed by atoms with van der Waals surface area (Å²) in [5, 5.41) is 0.537. The molecule has 4 rings (SSSR count). The Morgan fingerprint density at radius 2 is 1.89 bits per heavy atom. The molecule has 7 nitrogen and oxygen atoms in total. The van der Waals surface area contributed by atoms with E-state index in [0.717, 1.165) is 31.5 Å². The Balaban J connectivity index is 1.39. The van der Waals surface area contributed by atoms with Crippen molar-refractivity contribution in [2.45, 2.75) is 19.4 Å². The van der Waals surface area contributed by atoms with E-state index in [9.17, 15) is 4.79 Å². The zero-order valence-electron chi connectivity index (χ0n) is 14.7. The van der Waals surface area contributed by atoms with Gasteiger partial charge in [-0.15, -0.1) is 0 Å². The number of hydrogen-bond donors (Lipinski definition) is 0. The van der Waals surface area contributed by atoms with Gasteiger partial charge in [-0.2, -0.15) is 0 Å². The Morgan fingerprint density at radius 1 is 1.11 bits per heavy atom. The van der Waals surface area contributed by atoms with Gasteiger partial charge in [0.1, 0.15) is 0 Å². The average molecular weight is 383 g/mol. The predicted molar refractivity (Wildman–Crippen MR) is 104 cm³/mol. The van der Waals surface area contributed by atoms with Gasteiger partial charge >= 0.3 is 0 Å². The van der Waals surface area contributed by atoms with Gasteiger partial charge in [0.05, 0.1) is 29.4 Å². The lowest BCUT2D eigenvalue weighted by Crippen LogP contribution is -2.37. The number of piperidine rings is 1. The van der Waals surface area contributed by atoms with Gasteiger partial charge in [0.2, 0.25) is 5.95 Å². The number of pyridine rings is 1. The first-order valence-corrected chi connectivity index (χ1v) is 9.26. The molecular weight excluding hydrogens is 364 g/mol. The molecular formula is C19H19ClN6O. The van der Waals surface area contributed by atoms with Gasteiger partial charge < -0.3 is 4.90 Å². The number of halogens is 1. The van der Waals surface area contributed by atoms with E-state index < -0.39 is 0 Å². The summed E-state index contributed by atoms with van der Waals surface area (Å²) in [4.78, 5) is 31.7. The van der Waals surface area contributed by atoms with E-state index in [-0.39, 0.29) is 5.56 Å². The molecule has 4 heterocycles. The second-order valence-electron chi connectivity index (χ2n) is 6.64. The lowest BCUT2D eigenvalue weighted by atomic mass is 9.97. The van der Waals surface area contributed by atoms with Crippen molar-refractivity contribution >= 4 is 17.5 Å². The van der Waals surface area contributed by atoms with Crippen LogP contribution in [0.2, 0.25) is 5.02 Å². The third-order valence-electron chi connectivity index (χ3n) is 4.80. The second kappa shape index (κ2) is 7.84. The Hall–Kier alpha value is -2.80. The molecule has 3 aromatic rings. The minimum atomic E-state index is -0.0349. The van der Waals surface area contributed by atoms with Crippen molar-refractivity contribution in [2.75, 3.05) is 18.0 Å². The van der Waals surface area contributed by atoms with E-state index in [2.05, 4.69) is 24.8 Å². The molecule has 1 aliphatic rings. The van der Waals surface area contributed by atoms with Crippen LogP contribution in [0.1, 0.15) is 12.8 Å². The molecule has 0 aliphatic carbocycles. The zero-order valence-corrected chi connectivity index (χ0v) is 15.5. The Morgan fingerprint density at radius 3 is 2.56 bits per heavy atom. The summed E-state index contributed by atoms with van der Waals surface area (Å²) in [6, 6.07) is 5.31. The van der Waals surface area contributed by atoms with E-state index >= 15 is 0 Å². The van der Waals surface area contributed by atoms with Crippen molar-refractivity contribution in [3.05, 3.63) is 64.7 Å². The normalized spacial score (nSPS) is 15.1. The van der Waals surface area contributed by atoms with Crippen LogP contribution < -0.4 is 10.5 Å². The highest BCUT2D eigenvalue weighted by molar-refractivity contribution is 6.30. The standard InChI is InChI=1S/C19H19ClN6O/c20-16-10-22-19(23-11-16)25-6-3-14(4-7-25)12-26-13-24-17(8-18(26)27)15-2-1-5-21-9-15/h1-2,5,8-11,13-14H,3-4,6-7,12H2. The van der Waals surface area contributed by atoms with E-state index in [1.54, 1.807) is 41.7 Å². The maximum atomic E-state index is 12.5. The summed E-state index contributed by atoms with van der Waals surface area (Å²) < 4.78 is 1.69. The fourth-order valence-corrected chi connectivity index (χ4v) is 3.40. The quantitative estimate of drug-likeness (QED) is 0.690. The van der Waals surface area contributed by atoms with Crippen LogP contribution in [0.15, 0.2) is 54.1 Å². The molecule has 8 heteroatoms. The number of aromatic nitrogens is 5.